The van der Waals surface area contributed by atoms with E-state index in [1.54, 1.807) is 86.6 Å². The second-order valence-corrected chi connectivity index (χ2v) is 14.8. The first-order valence-electron chi connectivity index (χ1n) is 19.9. The average Bonchev–Trinajstić information content (AvgIpc) is 3.25. The van der Waals surface area contributed by atoms with Gasteiger partial charge in [0.15, 0.2) is 12.4 Å². The number of aryl methyl sites for hydroxylation is 1. The van der Waals surface area contributed by atoms with Crippen LogP contribution >= 0.6 is 0 Å². The van der Waals surface area contributed by atoms with Crippen molar-refractivity contribution in [3.05, 3.63) is 137 Å². The third-order valence-corrected chi connectivity index (χ3v) is 9.59. The van der Waals surface area contributed by atoms with Crippen molar-refractivity contribution in [2.75, 3.05) is 25.6 Å². The molecule has 0 radical (unpaired) electrons. The Labute approximate surface area is 356 Å². The number of unbranched alkanes of at least 4 members (excludes halogenated alkanes) is 5. The van der Waals surface area contributed by atoms with Crippen LogP contribution in [0.15, 0.2) is 114 Å². The summed E-state index contributed by atoms with van der Waals surface area (Å²) in [6.07, 6.45) is 18.2. The van der Waals surface area contributed by atoms with Crippen LogP contribution in [0.2, 0.25) is 0 Å². The molecule has 5 aromatic rings. The maximum atomic E-state index is 12.7. The SMILES string of the molecule is C#COc1ccc(C(=O)Oc2ccc(OC(=O)c3ccc(OCCCCCCCC)cc3)c(C)c2C)cc1.CC.CN(C)c1cc[nH+]cc1.Cc1ccc(S(=O)(=O)[O-])cc1. The number of carbonyl (C=O) groups is 2. The number of pyridine rings is 1. The standard InChI is InChI=1S/C32H34O6.C7H10N2.C7H8O3S.C2H6/c1-5-7-8-9-10-11-22-36-28-18-14-26(15-19-28)32(34)38-30-21-20-29(23(3)24(30)4)37-31(33)25-12-16-27(17-13-25)35-6-2;1-9(2)7-3-5-8-6-4-7;1-6-2-4-7(5-3-6)11(8,9)10;1-2/h2,12-21H,5,7-11,22H2,1,3-4H3;3-6H,1-2H3;2-5H,1H3,(H,8,9,10);1-2H3. The van der Waals surface area contributed by atoms with Crippen molar-refractivity contribution in [3.8, 4) is 35.5 Å². The molecule has 0 aliphatic rings. The van der Waals surface area contributed by atoms with Gasteiger partial charge in [0.05, 0.1) is 22.6 Å². The smallest absolute Gasteiger partial charge is 0.343 e. The highest BCUT2D eigenvalue weighted by Gasteiger charge is 2.17. The van der Waals surface area contributed by atoms with E-state index in [0.29, 0.717) is 46.1 Å². The van der Waals surface area contributed by atoms with Crippen molar-refractivity contribution in [1.82, 2.24) is 0 Å². The van der Waals surface area contributed by atoms with Gasteiger partial charge in [-0.15, -0.1) is 0 Å². The first-order valence-corrected chi connectivity index (χ1v) is 21.3. The van der Waals surface area contributed by atoms with E-state index >= 15 is 0 Å². The Balaban J connectivity index is 0.000000455. The number of benzene rings is 4. The Morgan fingerprint density at radius 1 is 0.683 bits per heavy atom. The van der Waals surface area contributed by atoms with Gasteiger partial charge in [-0.25, -0.2) is 23.0 Å². The highest BCUT2D eigenvalue weighted by atomic mass is 32.2. The monoisotopic (exact) mass is 838 g/mol. The Morgan fingerprint density at radius 3 is 1.58 bits per heavy atom. The van der Waals surface area contributed by atoms with E-state index in [1.807, 2.05) is 59.4 Å². The van der Waals surface area contributed by atoms with Gasteiger partial charge in [-0.3, -0.25) is 0 Å². The highest BCUT2D eigenvalue weighted by molar-refractivity contribution is 7.85. The number of hydrogen-bond donors (Lipinski definition) is 0. The lowest BCUT2D eigenvalue weighted by molar-refractivity contribution is -0.377. The summed E-state index contributed by atoms with van der Waals surface area (Å²) >= 11 is 0. The van der Waals surface area contributed by atoms with E-state index in [9.17, 15) is 22.6 Å². The lowest BCUT2D eigenvalue weighted by Gasteiger charge is -2.14. The molecular formula is C48H58N2O9S. The fourth-order valence-corrected chi connectivity index (χ4v) is 5.65. The van der Waals surface area contributed by atoms with Crippen LogP contribution in [0.3, 0.4) is 0 Å². The van der Waals surface area contributed by atoms with Gasteiger partial charge in [0.1, 0.15) is 39.2 Å². The van der Waals surface area contributed by atoms with Crippen LogP contribution < -0.4 is 28.8 Å². The second-order valence-electron chi connectivity index (χ2n) is 13.4. The van der Waals surface area contributed by atoms with Gasteiger partial charge < -0.3 is 28.4 Å². The number of nitrogens with one attached hydrogen (secondary N) is 1. The van der Waals surface area contributed by atoms with E-state index in [-0.39, 0.29) is 4.90 Å². The minimum Gasteiger partial charge on any atom is -0.744 e. The molecule has 0 amide bonds. The summed E-state index contributed by atoms with van der Waals surface area (Å²) in [6.45, 7) is 12.3. The van der Waals surface area contributed by atoms with Gasteiger partial charge in [0.25, 0.3) is 0 Å². The molecule has 4 aromatic carbocycles. The number of aromatic amines is 1. The molecule has 1 N–H and O–H groups in total. The van der Waals surface area contributed by atoms with Crippen molar-refractivity contribution in [3.63, 3.8) is 0 Å². The number of rotatable bonds is 15. The number of anilines is 1. The zero-order valence-electron chi connectivity index (χ0n) is 35.9. The fourth-order valence-electron chi connectivity index (χ4n) is 5.18. The Hall–Kier alpha value is -6.16. The Bertz CT molecular complexity index is 2180. The fraction of sp³-hybridized carbons (Fsp3) is 0.312. The minimum absolute atomic E-state index is 0.178. The largest absolute Gasteiger partial charge is 0.744 e. The van der Waals surface area contributed by atoms with Crippen LogP contribution in [0.25, 0.3) is 0 Å². The first-order chi connectivity index (χ1) is 28.7. The van der Waals surface area contributed by atoms with Gasteiger partial charge in [-0.2, -0.15) is 0 Å². The summed E-state index contributed by atoms with van der Waals surface area (Å²) < 4.78 is 53.1. The molecule has 0 bridgehead atoms. The average molecular weight is 839 g/mol. The molecule has 60 heavy (non-hydrogen) atoms. The normalized spacial score (nSPS) is 10.1. The van der Waals surface area contributed by atoms with E-state index in [0.717, 1.165) is 24.2 Å². The van der Waals surface area contributed by atoms with Crippen molar-refractivity contribution in [2.45, 2.75) is 85.0 Å². The zero-order valence-corrected chi connectivity index (χ0v) is 36.8. The molecule has 0 unspecified atom stereocenters. The molecule has 11 nitrogen and oxygen atoms in total. The highest BCUT2D eigenvalue weighted by Crippen LogP contribution is 2.30. The first kappa shape index (κ1) is 50.0. The molecule has 1 aromatic heterocycles. The van der Waals surface area contributed by atoms with E-state index in [1.165, 1.54) is 43.5 Å². The number of hydrogen-bond acceptors (Lipinski definition) is 10. The maximum absolute atomic E-state index is 12.7. The number of aromatic nitrogens is 1. The third kappa shape index (κ3) is 17.8. The third-order valence-electron chi connectivity index (χ3n) is 8.74. The summed E-state index contributed by atoms with van der Waals surface area (Å²) in [7, 11) is -0.223. The van der Waals surface area contributed by atoms with Gasteiger partial charge in [0.2, 0.25) is 0 Å². The Kier molecular flexibility index (Phi) is 22.3. The van der Waals surface area contributed by atoms with Crippen LogP contribution in [-0.4, -0.2) is 45.6 Å². The minimum atomic E-state index is -4.27. The molecule has 0 saturated heterocycles. The number of nitrogens with zero attached hydrogens (tertiary/aromatic N) is 1. The summed E-state index contributed by atoms with van der Waals surface area (Å²) in [5.41, 5.74) is 4.30. The van der Waals surface area contributed by atoms with Crippen molar-refractivity contribution >= 4 is 27.7 Å². The quantitative estimate of drug-likeness (QED) is 0.0328. The van der Waals surface area contributed by atoms with Crippen LogP contribution in [0.1, 0.15) is 96.7 Å². The van der Waals surface area contributed by atoms with Gasteiger partial charge in [0, 0.05) is 31.9 Å². The maximum Gasteiger partial charge on any atom is 0.343 e. The predicted octanol–water partition coefficient (Wildman–Crippen LogP) is 9.94. The molecule has 0 aliphatic heterocycles. The zero-order chi connectivity index (χ0) is 44.5. The van der Waals surface area contributed by atoms with Crippen LogP contribution in [0, 0.1) is 33.3 Å². The molecule has 5 rings (SSSR count). The summed E-state index contributed by atoms with van der Waals surface area (Å²) in [5.74, 6) is 0.955. The topological polar surface area (TPSA) is 146 Å². The number of carbonyl (C=O) groups excluding carboxylic acids is 2. The molecule has 12 heteroatoms. The van der Waals surface area contributed by atoms with E-state index in [4.69, 9.17) is 25.4 Å². The van der Waals surface area contributed by atoms with Gasteiger partial charge in [-0.05, 0) is 111 Å². The summed E-state index contributed by atoms with van der Waals surface area (Å²) in [4.78, 5) is 30.1. The second kappa shape index (κ2) is 26.8. The number of H-pyrrole nitrogens is 1. The van der Waals surface area contributed by atoms with Crippen molar-refractivity contribution in [2.24, 2.45) is 0 Å². The number of ether oxygens (including phenoxy) is 4. The van der Waals surface area contributed by atoms with Crippen LogP contribution in [0.4, 0.5) is 5.69 Å². The number of esters is 2. The molecule has 0 saturated carbocycles. The lowest BCUT2D eigenvalue weighted by Crippen LogP contribution is -2.12. The molecule has 0 fully saturated rings. The molecule has 0 spiro atoms. The summed E-state index contributed by atoms with van der Waals surface area (Å²) in [6, 6.07) is 26.3. The van der Waals surface area contributed by atoms with Crippen LogP contribution in [-0.2, 0) is 10.1 Å². The van der Waals surface area contributed by atoms with Crippen molar-refractivity contribution in [1.29, 1.82) is 0 Å². The molecular weight excluding hydrogens is 781 g/mol. The lowest BCUT2D eigenvalue weighted by atomic mass is 10.1. The molecule has 320 valence electrons. The van der Waals surface area contributed by atoms with Gasteiger partial charge >= 0.3 is 11.9 Å². The Morgan fingerprint density at radius 2 is 1.15 bits per heavy atom. The van der Waals surface area contributed by atoms with E-state index in [2.05, 4.69) is 22.9 Å². The van der Waals surface area contributed by atoms with Crippen LogP contribution in [0.5, 0.6) is 23.0 Å². The number of terminal acetylenes is 1. The van der Waals surface area contributed by atoms with Crippen molar-refractivity contribution < 1.29 is 46.5 Å². The van der Waals surface area contributed by atoms with Gasteiger partial charge in [-0.1, -0.05) is 77.0 Å². The van der Waals surface area contributed by atoms with E-state index < -0.39 is 22.1 Å². The summed E-state index contributed by atoms with van der Waals surface area (Å²) in [5, 5.41) is 0. The molecule has 1 heterocycles. The molecule has 0 atom stereocenters. The molecule has 0 aliphatic carbocycles. The predicted molar refractivity (Wildman–Crippen MR) is 235 cm³/mol.